The van der Waals surface area contributed by atoms with Gasteiger partial charge in [-0.1, -0.05) is 64.8 Å². The molecule has 142 valence electrons. The second kappa shape index (κ2) is 9.66. The molecule has 0 spiro atoms. The summed E-state index contributed by atoms with van der Waals surface area (Å²) in [5.41, 5.74) is 4.75. The van der Waals surface area contributed by atoms with Gasteiger partial charge in [-0.05, 0) is 71.9 Å². The molecule has 0 saturated carbocycles. The first kappa shape index (κ1) is 20.4. The number of aromatic hydroxyl groups is 2. The number of benzene rings is 2. The summed E-state index contributed by atoms with van der Waals surface area (Å²) in [6.07, 6.45) is 7.00. The summed E-state index contributed by atoms with van der Waals surface area (Å²) in [6, 6.07) is 12.1. The van der Waals surface area contributed by atoms with Gasteiger partial charge in [0.2, 0.25) is 0 Å². The quantitative estimate of drug-likeness (QED) is 0.492. The molecule has 2 rings (SSSR count). The third-order valence-corrected chi connectivity index (χ3v) is 5.11. The van der Waals surface area contributed by atoms with E-state index < -0.39 is 0 Å². The van der Waals surface area contributed by atoms with Crippen molar-refractivity contribution in [2.45, 2.75) is 78.1 Å². The van der Waals surface area contributed by atoms with Crippen molar-refractivity contribution in [1.82, 2.24) is 0 Å². The summed E-state index contributed by atoms with van der Waals surface area (Å²) in [7, 11) is 0. The zero-order valence-corrected chi connectivity index (χ0v) is 16.8. The van der Waals surface area contributed by atoms with E-state index in [4.69, 9.17) is 0 Å². The molecule has 26 heavy (non-hydrogen) atoms. The van der Waals surface area contributed by atoms with E-state index in [0.717, 1.165) is 24.0 Å². The van der Waals surface area contributed by atoms with Gasteiger partial charge in [0.05, 0.1) is 0 Å². The Hall–Kier alpha value is -1.96. The molecule has 0 aliphatic rings. The third kappa shape index (κ3) is 5.79. The van der Waals surface area contributed by atoms with Gasteiger partial charge < -0.3 is 10.2 Å². The molecule has 0 heterocycles. The van der Waals surface area contributed by atoms with Crippen LogP contribution >= 0.6 is 0 Å². The van der Waals surface area contributed by atoms with Gasteiger partial charge in [-0.2, -0.15) is 0 Å². The maximum absolute atomic E-state index is 9.91. The normalized spacial score (nSPS) is 11.5. The van der Waals surface area contributed by atoms with Crippen LogP contribution in [0, 0.1) is 0 Å². The fraction of sp³-hybridized carbons (Fsp3) is 0.500. The lowest BCUT2D eigenvalue weighted by atomic mass is 9.96. The minimum Gasteiger partial charge on any atom is -0.508 e. The molecule has 0 saturated heterocycles. The minimum atomic E-state index is 0.357. The molecule has 2 aromatic rings. The molecule has 2 heteroatoms. The van der Waals surface area contributed by atoms with Gasteiger partial charge in [0.1, 0.15) is 11.5 Å². The molecular formula is C24H34O2. The average molecular weight is 355 g/mol. The molecule has 0 atom stereocenters. The Kier molecular flexibility index (Phi) is 7.56. The SMILES string of the molecule is CC(C)c1cc(CCCCCCc2ccc(O)c(C(C)C)c2)ccc1O. The molecule has 0 radical (unpaired) electrons. The molecule has 0 fully saturated rings. The largest absolute Gasteiger partial charge is 0.508 e. The Morgan fingerprint density at radius 3 is 1.35 bits per heavy atom. The number of phenols is 2. The fourth-order valence-corrected chi connectivity index (χ4v) is 3.46. The van der Waals surface area contributed by atoms with Crippen molar-refractivity contribution >= 4 is 0 Å². The standard InChI is InChI=1S/C24H34O2/c1-17(2)21-15-19(11-13-23(21)25)9-7-5-6-8-10-20-12-14-24(26)22(16-20)18(3)4/h11-18,25-26H,5-10H2,1-4H3. The van der Waals surface area contributed by atoms with Crippen LogP contribution in [0.15, 0.2) is 36.4 Å². The highest BCUT2D eigenvalue weighted by Crippen LogP contribution is 2.28. The smallest absolute Gasteiger partial charge is 0.119 e. The second-order valence-corrected chi connectivity index (χ2v) is 8.01. The topological polar surface area (TPSA) is 40.5 Å². The third-order valence-electron chi connectivity index (χ3n) is 5.11. The van der Waals surface area contributed by atoms with Crippen molar-refractivity contribution in [3.63, 3.8) is 0 Å². The summed E-state index contributed by atoms with van der Waals surface area (Å²) >= 11 is 0. The number of aryl methyl sites for hydroxylation is 2. The van der Waals surface area contributed by atoms with E-state index in [-0.39, 0.29) is 0 Å². The molecule has 0 aromatic heterocycles. The highest BCUT2D eigenvalue weighted by molar-refractivity contribution is 5.39. The van der Waals surface area contributed by atoms with Crippen molar-refractivity contribution < 1.29 is 10.2 Å². The first-order chi connectivity index (χ1) is 12.4. The van der Waals surface area contributed by atoms with Gasteiger partial charge in [0.25, 0.3) is 0 Å². The van der Waals surface area contributed by atoms with Gasteiger partial charge >= 0.3 is 0 Å². The Bertz CT molecular complexity index is 640. The Morgan fingerprint density at radius 2 is 1.00 bits per heavy atom. The molecule has 2 nitrogen and oxygen atoms in total. The van der Waals surface area contributed by atoms with Crippen LogP contribution in [0.5, 0.6) is 11.5 Å². The van der Waals surface area contributed by atoms with Crippen molar-refractivity contribution in [3.8, 4) is 11.5 Å². The fourth-order valence-electron chi connectivity index (χ4n) is 3.46. The molecular weight excluding hydrogens is 320 g/mol. The lowest BCUT2D eigenvalue weighted by molar-refractivity contribution is 0.463. The lowest BCUT2D eigenvalue weighted by Crippen LogP contribution is -1.94. The minimum absolute atomic E-state index is 0.357. The van der Waals surface area contributed by atoms with Crippen LogP contribution in [0.3, 0.4) is 0 Å². The van der Waals surface area contributed by atoms with Crippen LogP contribution in [0.2, 0.25) is 0 Å². The van der Waals surface area contributed by atoms with Crippen LogP contribution in [-0.4, -0.2) is 10.2 Å². The predicted molar refractivity (Wildman–Crippen MR) is 110 cm³/mol. The zero-order chi connectivity index (χ0) is 19.1. The molecule has 0 unspecified atom stereocenters. The molecule has 0 aliphatic heterocycles. The Labute approximate surface area is 158 Å². The lowest BCUT2D eigenvalue weighted by Gasteiger charge is -2.11. The maximum atomic E-state index is 9.91. The molecule has 0 bridgehead atoms. The van der Waals surface area contributed by atoms with E-state index in [0.29, 0.717) is 23.3 Å². The number of hydrogen-bond acceptors (Lipinski definition) is 2. The summed E-state index contributed by atoms with van der Waals surface area (Å²) in [5, 5.41) is 19.8. The average Bonchev–Trinajstić information content (AvgIpc) is 2.60. The van der Waals surface area contributed by atoms with E-state index in [2.05, 4.69) is 39.8 Å². The van der Waals surface area contributed by atoms with E-state index >= 15 is 0 Å². The highest BCUT2D eigenvalue weighted by atomic mass is 16.3. The van der Waals surface area contributed by atoms with Crippen molar-refractivity contribution in [2.24, 2.45) is 0 Å². The monoisotopic (exact) mass is 354 g/mol. The van der Waals surface area contributed by atoms with Crippen molar-refractivity contribution in [3.05, 3.63) is 58.7 Å². The number of hydrogen-bond donors (Lipinski definition) is 2. The molecule has 0 aliphatic carbocycles. The van der Waals surface area contributed by atoms with Crippen LogP contribution < -0.4 is 0 Å². The number of rotatable bonds is 9. The summed E-state index contributed by atoms with van der Waals surface area (Å²) in [5.74, 6) is 1.55. The van der Waals surface area contributed by atoms with Crippen LogP contribution in [-0.2, 0) is 12.8 Å². The first-order valence-electron chi connectivity index (χ1n) is 10.0. The number of phenolic OH excluding ortho intramolecular Hbond substituents is 2. The van der Waals surface area contributed by atoms with Gasteiger partial charge in [0, 0.05) is 0 Å². The molecule has 2 N–H and O–H groups in total. The zero-order valence-electron chi connectivity index (χ0n) is 16.8. The van der Waals surface area contributed by atoms with Gasteiger partial charge in [0.15, 0.2) is 0 Å². The number of unbranched alkanes of at least 4 members (excludes halogenated alkanes) is 3. The summed E-state index contributed by atoms with van der Waals surface area (Å²) in [4.78, 5) is 0. The van der Waals surface area contributed by atoms with E-state index in [1.54, 1.807) is 0 Å². The molecule has 0 amide bonds. The van der Waals surface area contributed by atoms with Crippen LogP contribution in [0.1, 0.15) is 87.5 Å². The van der Waals surface area contributed by atoms with Gasteiger partial charge in [-0.3, -0.25) is 0 Å². The van der Waals surface area contributed by atoms with E-state index in [1.165, 1.54) is 36.8 Å². The van der Waals surface area contributed by atoms with Gasteiger partial charge in [-0.25, -0.2) is 0 Å². The van der Waals surface area contributed by atoms with E-state index in [1.807, 2.05) is 24.3 Å². The van der Waals surface area contributed by atoms with Crippen LogP contribution in [0.25, 0.3) is 0 Å². The molecule has 2 aromatic carbocycles. The van der Waals surface area contributed by atoms with Gasteiger partial charge in [-0.15, -0.1) is 0 Å². The summed E-state index contributed by atoms with van der Waals surface area (Å²) in [6.45, 7) is 8.47. The van der Waals surface area contributed by atoms with Crippen LogP contribution in [0.4, 0.5) is 0 Å². The summed E-state index contributed by atoms with van der Waals surface area (Å²) < 4.78 is 0. The Balaban J connectivity index is 1.73. The van der Waals surface area contributed by atoms with Crippen molar-refractivity contribution in [2.75, 3.05) is 0 Å². The Morgan fingerprint density at radius 1 is 0.615 bits per heavy atom. The predicted octanol–water partition coefficient (Wildman–Crippen LogP) is 6.69. The van der Waals surface area contributed by atoms with Crippen molar-refractivity contribution in [1.29, 1.82) is 0 Å². The first-order valence-corrected chi connectivity index (χ1v) is 10.0. The van der Waals surface area contributed by atoms with E-state index in [9.17, 15) is 10.2 Å². The highest BCUT2D eigenvalue weighted by Gasteiger charge is 2.08. The maximum Gasteiger partial charge on any atom is 0.119 e. The second-order valence-electron chi connectivity index (χ2n) is 8.01.